The number of thiazole rings is 2. The number of aromatic amines is 1. The molecule has 0 aromatic carbocycles. The third-order valence-electron chi connectivity index (χ3n) is 3.43. The first kappa shape index (κ1) is 28.6. The van der Waals surface area contributed by atoms with Crippen LogP contribution in [0.3, 0.4) is 0 Å². The molecule has 0 saturated carbocycles. The van der Waals surface area contributed by atoms with Gasteiger partial charge in [0, 0.05) is 99.8 Å². The van der Waals surface area contributed by atoms with E-state index >= 15 is 0 Å². The summed E-state index contributed by atoms with van der Waals surface area (Å²) in [6.45, 7) is 5.58. The number of rotatable bonds is 1. The van der Waals surface area contributed by atoms with Gasteiger partial charge in [-0.3, -0.25) is 27.5 Å². The zero-order chi connectivity index (χ0) is 21.2. The Bertz CT molecular complexity index is 1310. The van der Waals surface area contributed by atoms with E-state index in [-0.39, 0.29) is 93.6 Å². The molecule has 4 aromatic rings. The van der Waals surface area contributed by atoms with Crippen LogP contribution in [0.15, 0.2) is 17.2 Å². The van der Waals surface area contributed by atoms with Crippen molar-refractivity contribution in [1.82, 2.24) is 25.3 Å². The molecule has 0 saturated heterocycles. The maximum absolute atomic E-state index is 12.0. The van der Waals surface area contributed by atoms with Crippen molar-refractivity contribution >= 4 is 60.9 Å². The summed E-state index contributed by atoms with van der Waals surface area (Å²) in [7, 11) is 0. The second-order valence-electron chi connectivity index (χ2n) is 6.77. The van der Waals surface area contributed by atoms with Crippen molar-refractivity contribution in [2.24, 2.45) is 0 Å². The van der Waals surface area contributed by atoms with Gasteiger partial charge in [-0.2, -0.15) is 5.26 Å². The molecule has 0 bridgehead atoms. The molecule has 0 aliphatic rings. The molecule has 154 valence electrons. The van der Waals surface area contributed by atoms with Crippen LogP contribution in [0.1, 0.15) is 36.7 Å². The predicted octanol–water partition coefficient (Wildman–Crippen LogP) is 3.33. The molecule has 13 heteroatoms. The van der Waals surface area contributed by atoms with Crippen molar-refractivity contribution in [3.05, 3.63) is 49.8 Å². The molecule has 1 amide bonds. The van der Waals surface area contributed by atoms with Crippen LogP contribution >= 0.6 is 34.3 Å². The molecule has 8 nitrogen and oxygen atoms in total. The van der Waals surface area contributed by atoms with Gasteiger partial charge in [0.05, 0.1) is 11.1 Å². The van der Waals surface area contributed by atoms with Crippen LogP contribution in [0.5, 0.6) is 0 Å². The van der Waals surface area contributed by atoms with Gasteiger partial charge in [-0.15, -0.1) is 0 Å². The van der Waals surface area contributed by atoms with E-state index in [0.29, 0.717) is 26.6 Å². The maximum atomic E-state index is 12.0. The third-order valence-corrected chi connectivity index (χ3v) is 5.48. The standard InChI is InChI=1S/C11H12N3O2S.C7HClN3S.2La/c1-11(2,3)14-10(16)6-4-12-9-8(7(6)15)17-5-13-9;8-5-4(1-9)2-10-7-6(5)12-3-11-7;;/h4H,1-3H3,(H,12,15)(H,14,16);2H;;/q2*-1;;. The summed E-state index contributed by atoms with van der Waals surface area (Å²) in [6, 6.07) is 1.95. The van der Waals surface area contributed by atoms with E-state index < -0.39 is 0 Å². The van der Waals surface area contributed by atoms with Crippen LogP contribution in [0, 0.1) is 93.5 Å². The summed E-state index contributed by atoms with van der Waals surface area (Å²) in [5, 5.41) is 11.8. The molecule has 0 unspecified atom stereocenters. The van der Waals surface area contributed by atoms with E-state index in [1.165, 1.54) is 23.7 Å². The Hall–Kier alpha value is -0.480. The van der Waals surface area contributed by atoms with E-state index in [2.05, 4.69) is 36.3 Å². The summed E-state index contributed by atoms with van der Waals surface area (Å²) in [5.74, 6) is -0.381. The fourth-order valence-corrected chi connectivity index (χ4v) is 3.73. The molecule has 4 rings (SSSR count). The van der Waals surface area contributed by atoms with E-state index in [1.807, 2.05) is 26.8 Å². The first-order valence-electron chi connectivity index (χ1n) is 8.13. The van der Waals surface area contributed by atoms with Gasteiger partial charge in [0.1, 0.15) is 11.5 Å². The van der Waals surface area contributed by atoms with E-state index in [4.69, 9.17) is 16.9 Å². The van der Waals surface area contributed by atoms with Crippen LogP contribution in [0.2, 0.25) is 5.02 Å². The topological polar surface area (TPSA) is 124 Å². The minimum atomic E-state index is -0.381. The molecule has 0 aliphatic heterocycles. The quantitative estimate of drug-likeness (QED) is 0.291. The Morgan fingerprint density at radius 3 is 2.52 bits per heavy atom. The number of nitrogens with one attached hydrogen (secondary N) is 2. The number of fused-ring (bicyclic) bond motifs is 2. The van der Waals surface area contributed by atoms with Crippen LogP contribution in [-0.2, 0) is 0 Å². The Labute approximate surface area is 246 Å². The minimum absolute atomic E-state index is 0. The Kier molecular flexibility index (Phi) is 11.2. The number of aromatic nitrogens is 4. The van der Waals surface area contributed by atoms with Crippen LogP contribution < -0.4 is 10.7 Å². The number of amides is 1. The number of hydrogen-bond donors (Lipinski definition) is 2. The number of nitrogens with zero attached hydrogens (tertiary/aromatic N) is 4. The fourth-order valence-electron chi connectivity index (χ4n) is 2.19. The average Bonchev–Trinajstić information content (AvgIpc) is 3.31. The molecule has 4 heterocycles. The number of halogens is 1. The number of carbonyl (C=O) groups is 1. The van der Waals surface area contributed by atoms with Crippen LogP contribution in [0.4, 0.5) is 0 Å². The van der Waals surface area contributed by atoms with Crippen molar-refractivity contribution in [2.75, 3.05) is 0 Å². The fraction of sp³-hybridized carbons (Fsp3) is 0.222. The van der Waals surface area contributed by atoms with E-state index in [0.717, 1.165) is 16.0 Å². The van der Waals surface area contributed by atoms with Gasteiger partial charge >= 0.3 is 0 Å². The summed E-state index contributed by atoms with van der Waals surface area (Å²) < 4.78 is 1.14. The Balaban J connectivity index is 0.000000305. The molecule has 4 aromatic heterocycles. The predicted molar refractivity (Wildman–Crippen MR) is 112 cm³/mol. The summed E-state index contributed by atoms with van der Waals surface area (Å²) in [5.41, 5.74) is 6.09. The van der Waals surface area contributed by atoms with Crippen LogP contribution in [0.25, 0.3) is 20.7 Å². The second-order valence-corrected chi connectivity index (χ2v) is 8.74. The number of carbonyl (C=O) groups excluding carboxylic acids is 1. The van der Waals surface area contributed by atoms with Gasteiger partial charge in [-0.05, 0) is 42.1 Å². The first-order chi connectivity index (χ1) is 13.7. The van der Waals surface area contributed by atoms with Crippen molar-refractivity contribution in [1.29, 1.82) is 5.26 Å². The minimum Gasteiger partial charge on any atom is -0.407 e. The van der Waals surface area contributed by atoms with Crippen molar-refractivity contribution < 1.29 is 76.0 Å². The van der Waals surface area contributed by atoms with Crippen molar-refractivity contribution in [3.8, 4) is 6.07 Å². The number of hydrogen-bond acceptors (Lipinski definition) is 8. The normalized spacial score (nSPS) is 10.3. The van der Waals surface area contributed by atoms with Gasteiger partial charge < -0.3 is 30.0 Å². The number of pyridine rings is 2. The SMILES string of the molecule is CC(C)(C)NC(=O)c1c[nH]c2n[c-]sc2c1=O.N#Cc1cnc2n[c-]sc2c1Cl.[La].[La]. The third kappa shape index (κ3) is 7.00. The van der Waals surface area contributed by atoms with Crippen LogP contribution in [-0.4, -0.2) is 31.4 Å². The van der Waals surface area contributed by atoms with E-state index in [1.54, 1.807) is 0 Å². The molecular weight excluding hydrogens is 710 g/mol. The molecule has 31 heavy (non-hydrogen) atoms. The van der Waals surface area contributed by atoms with Gasteiger partial charge in [0.25, 0.3) is 5.91 Å². The monoisotopic (exact) mass is 722 g/mol. The molecule has 2 radical (unpaired) electrons. The second kappa shape index (κ2) is 12.1. The van der Waals surface area contributed by atoms with Gasteiger partial charge in [-0.1, -0.05) is 16.3 Å². The number of nitriles is 1. The van der Waals surface area contributed by atoms with Gasteiger partial charge in [0.2, 0.25) is 0 Å². The van der Waals surface area contributed by atoms with Gasteiger partial charge in [0.15, 0.2) is 0 Å². The van der Waals surface area contributed by atoms with Crippen molar-refractivity contribution in [2.45, 2.75) is 26.3 Å². The number of H-pyrrole nitrogens is 1. The smallest absolute Gasteiger partial charge is 0.255 e. The van der Waals surface area contributed by atoms with Gasteiger partial charge in [-0.25, -0.2) is 0 Å². The molecule has 0 atom stereocenters. The largest absolute Gasteiger partial charge is 0.407 e. The maximum Gasteiger partial charge on any atom is 0.255 e. The molecule has 0 aliphatic carbocycles. The first-order valence-corrected chi connectivity index (χ1v) is 10.1. The summed E-state index contributed by atoms with van der Waals surface area (Å²) in [4.78, 5) is 38.3. The average molecular weight is 723 g/mol. The zero-order valence-corrected chi connectivity index (χ0v) is 26.2. The van der Waals surface area contributed by atoms with Crippen molar-refractivity contribution in [3.63, 3.8) is 0 Å². The zero-order valence-electron chi connectivity index (χ0n) is 16.6. The molecule has 2 N–H and O–H groups in total. The Morgan fingerprint density at radius 2 is 1.87 bits per heavy atom. The molecule has 0 spiro atoms. The van der Waals surface area contributed by atoms with E-state index in [9.17, 15) is 9.59 Å². The molecule has 0 fully saturated rings. The Morgan fingerprint density at radius 1 is 1.23 bits per heavy atom. The summed E-state index contributed by atoms with van der Waals surface area (Å²) >= 11 is 8.24. The molecular formula is C18H13ClLa2N6O2S2-2. The summed E-state index contributed by atoms with van der Waals surface area (Å²) in [6.07, 6.45) is 2.80.